The van der Waals surface area contributed by atoms with Crippen LogP contribution in [0.25, 0.3) is 0 Å². The molecule has 1 rings (SSSR count). The summed E-state index contributed by atoms with van der Waals surface area (Å²) >= 11 is 0. The van der Waals surface area contributed by atoms with Crippen molar-refractivity contribution in [1.82, 2.24) is 4.98 Å². The van der Waals surface area contributed by atoms with E-state index in [-0.39, 0.29) is 0 Å². The summed E-state index contributed by atoms with van der Waals surface area (Å²) in [5.41, 5.74) is -2.07. The largest absolute Gasteiger partial charge is 0.476 e. The van der Waals surface area contributed by atoms with Gasteiger partial charge in [-0.2, -0.15) is 9.37 Å². The Hall–Kier alpha value is -1.86. The van der Waals surface area contributed by atoms with Crippen molar-refractivity contribution in [2.24, 2.45) is 0 Å². The Balaban J connectivity index is 3.47. The van der Waals surface area contributed by atoms with Gasteiger partial charge in [0.1, 0.15) is 5.56 Å². The Labute approximate surface area is 81.6 Å². The molecule has 0 saturated heterocycles. The van der Waals surface area contributed by atoms with E-state index in [0.717, 1.165) is 7.11 Å². The predicted octanol–water partition coefficient (Wildman–Crippen LogP) is 2.08. The van der Waals surface area contributed by atoms with Crippen molar-refractivity contribution in [3.05, 3.63) is 27.7 Å². The second-order valence-electron chi connectivity index (χ2n) is 2.45. The minimum absolute atomic E-state index is 0.311. The molecule has 0 aliphatic rings. The molecule has 1 aromatic rings. The molecular weight excluding hydrogens is 217 g/mol. The lowest BCUT2D eigenvalue weighted by atomic mass is 10.2. The van der Waals surface area contributed by atoms with Crippen molar-refractivity contribution in [2.45, 2.75) is 6.43 Å². The van der Waals surface area contributed by atoms with Crippen LogP contribution in [0.1, 0.15) is 12.0 Å². The summed E-state index contributed by atoms with van der Waals surface area (Å²) in [6.07, 6.45) is -3.17. The summed E-state index contributed by atoms with van der Waals surface area (Å²) in [5, 5.41) is 10.4. The molecule has 0 unspecified atom stereocenters. The van der Waals surface area contributed by atoms with E-state index in [0.29, 0.717) is 6.07 Å². The van der Waals surface area contributed by atoms with Gasteiger partial charge in [0.25, 0.3) is 12.3 Å². The number of rotatable bonds is 3. The topological polar surface area (TPSA) is 65.3 Å². The van der Waals surface area contributed by atoms with Gasteiger partial charge in [0.2, 0.25) is 5.95 Å². The van der Waals surface area contributed by atoms with Crippen molar-refractivity contribution < 1.29 is 22.8 Å². The van der Waals surface area contributed by atoms with Crippen LogP contribution in [0.4, 0.5) is 18.9 Å². The standard InChI is InChI=1S/C7H5F3N2O3/c1-15-7-5(12(13)14)3(6(9)10)2-4(8)11-7/h2,6H,1H3. The molecule has 0 spiro atoms. The van der Waals surface area contributed by atoms with Crippen LogP contribution in [0.2, 0.25) is 0 Å². The van der Waals surface area contributed by atoms with Crippen molar-refractivity contribution in [2.75, 3.05) is 7.11 Å². The van der Waals surface area contributed by atoms with Crippen LogP contribution in [0.3, 0.4) is 0 Å². The molecule has 1 aromatic heterocycles. The normalized spacial score (nSPS) is 10.5. The van der Waals surface area contributed by atoms with Crippen molar-refractivity contribution in [1.29, 1.82) is 0 Å². The highest BCUT2D eigenvalue weighted by atomic mass is 19.3. The molecule has 0 saturated carbocycles. The first-order valence-corrected chi connectivity index (χ1v) is 3.64. The predicted molar refractivity (Wildman–Crippen MR) is 42.4 cm³/mol. The number of nitro groups is 1. The number of hydrogen-bond acceptors (Lipinski definition) is 4. The van der Waals surface area contributed by atoms with E-state index < -0.39 is 34.4 Å². The molecule has 5 nitrogen and oxygen atoms in total. The molecular formula is C7H5F3N2O3. The van der Waals surface area contributed by atoms with Crippen LogP contribution < -0.4 is 4.74 Å². The van der Waals surface area contributed by atoms with Gasteiger partial charge in [0, 0.05) is 6.07 Å². The lowest BCUT2D eigenvalue weighted by Crippen LogP contribution is -2.03. The highest BCUT2D eigenvalue weighted by Gasteiger charge is 2.29. The van der Waals surface area contributed by atoms with Gasteiger partial charge in [-0.15, -0.1) is 0 Å². The van der Waals surface area contributed by atoms with Gasteiger partial charge >= 0.3 is 5.69 Å². The number of aromatic nitrogens is 1. The first-order chi connectivity index (χ1) is 6.97. The zero-order valence-electron chi connectivity index (χ0n) is 7.41. The number of methoxy groups -OCH3 is 1. The summed E-state index contributed by atoms with van der Waals surface area (Å²) < 4.78 is 41.7. The van der Waals surface area contributed by atoms with Gasteiger partial charge < -0.3 is 4.74 Å². The van der Waals surface area contributed by atoms with E-state index in [4.69, 9.17) is 0 Å². The third kappa shape index (κ3) is 2.14. The number of nitrogens with zero attached hydrogens (tertiary/aromatic N) is 2. The molecule has 0 fully saturated rings. The molecule has 1 heterocycles. The number of alkyl halides is 2. The number of pyridine rings is 1. The lowest BCUT2D eigenvalue weighted by Gasteiger charge is -2.05. The molecule has 15 heavy (non-hydrogen) atoms. The molecule has 8 heteroatoms. The van der Waals surface area contributed by atoms with Crippen molar-refractivity contribution in [3.8, 4) is 5.88 Å². The third-order valence-corrected chi connectivity index (χ3v) is 1.57. The van der Waals surface area contributed by atoms with E-state index in [9.17, 15) is 23.3 Å². The Morgan fingerprint density at radius 2 is 2.20 bits per heavy atom. The van der Waals surface area contributed by atoms with Crippen LogP contribution in [-0.4, -0.2) is 17.0 Å². The molecule has 0 amide bonds. The highest BCUT2D eigenvalue weighted by Crippen LogP contribution is 2.35. The minimum atomic E-state index is -3.17. The SMILES string of the molecule is COc1nc(F)cc(C(F)F)c1[N+](=O)[O-]. The van der Waals surface area contributed by atoms with E-state index in [2.05, 4.69) is 9.72 Å². The molecule has 82 valence electrons. The smallest absolute Gasteiger partial charge is 0.340 e. The fourth-order valence-corrected chi connectivity index (χ4v) is 0.995. The van der Waals surface area contributed by atoms with Crippen LogP contribution in [0, 0.1) is 16.1 Å². The van der Waals surface area contributed by atoms with Gasteiger partial charge in [0.15, 0.2) is 0 Å². The fraction of sp³-hybridized carbons (Fsp3) is 0.286. The van der Waals surface area contributed by atoms with Gasteiger partial charge in [-0.1, -0.05) is 0 Å². The van der Waals surface area contributed by atoms with Crippen molar-refractivity contribution in [3.63, 3.8) is 0 Å². The maximum absolute atomic E-state index is 12.7. The molecule has 0 aliphatic heterocycles. The second kappa shape index (κ2) is 4.11. The summed E-state index contributed by atoms with van der Waals surface area (Å²) in [7, 11) is 0.976. The zero-order valence-corrected chi connectivity index (χ0v) is 7.41. The number of ether oxygens (including phenoxy) is 1. The average Bonchev–Trinajstić information content (AvgIpc) is 2.15. The Kier molecular flexibility index (Phi) is 3.08. The Morgan fingerprint density at radius 1 is 1.60 bits per heavy atom. The highest BCUT2D eigenvalue weighted by molar-refractivity contribution is 5.49. The molecule has 0 aliphatic carbocycles. The van der Waals surface area contributed by atoms with E-state index in [1.54, 1.807) is 0 Å². The van der Waals surface area contributed by atoms with Gasteiger partial charge in [-0.3, -0.25) is 10.1 Å². The van der Waals surface area contributed by atoms with Crippen LogP contribution >= 0.6 is 0 Å². The van der Waals surface area contributed by atoms with E-state index in [1.165, 1.54) is 0 Å². The second-order valence-corrected chi connectivity index (χ2v) is 2.45. The van der Waals surface area contributed by atoms with E-state index >= 15 is 0 Å². The average molecular weight is 222 g/mol. The van der Waals surface area contributed by atoms with Gasteiger partial charge in [0.05, 0.1) is 12.0 Å². The maximum atomic E-state index is 12.7. The minimum Gasteiger partial charge on any atom is -0.476 e. The number of hydrogen-bond donors (Lipinski definition) is 0. The lowest BCUT2D eigenvalue weighted by molar-refractivity contribution is -0.387. The van der Waals surface area contributed by atoms with Crippen molar-refractivity contribution >= 4 is 5.69 Å². The summed E-state index contributed by atoms with van der Waals surface area (Å²) in [6.45, 7) is 0. The van der Waals surface area contributed by atoms with Gasteiger partial charge in [-0.25, -0.2) is 8.78 Å². The number of halogens is 3. The summed E-state index contributed by atoms with van der Waals surface area (Å²) in [4.78, 5) is 12.3. The molecule has 0 N–H and O–H groups in total. The Bertz CT molecular complexity index is 397. The molecule has 0 bridgehead atoms. The quantitative estimate of drug-likeness (QED) is 0.446. The monoisotopic (exact) mass is 222 g/mol. The van der Waals surface area contributed by atoms with Gasteiger partial charge in [-0.05, 0) is 0 Å². The maximum Gasteiger partial charge on any atom is 0.340 e. The molecule has 0 aromatic carbocycles. The Morgan fingerprint density at radius 3 is 2.60 bits per heavy atom. The third-order valence-electron chi connectivity index (χ3n) is 1.57. The van der Waals surface area contributed by atoms with Crippen LogP contribution in [0.15, 0.2) is 6.07 Å². The zero-order chi connectivity index (χ0) is 11.6. The molecule has 0 atom stereocenters. The van der Waals surface area contributed by atoms with E-state index in [1.807, 2.05) is 0 Å². The first kappa shape index (κ1) is 11.2. The summed E-state index contributed by atoms with van der Waals surface area (Å²) in [6, 6.07) is 0.311. The van der Waals surface area contributed by atoms with Crippen LogP contribution in [0.5, 0.6) is 5.88 Å². The van der Waals surface area contributed by atoms with Crippen LogP contribution in [-0.2, 0) is 0 Å². The molecule has 0 radical (unpaired) electrons. The first-order valence-electron chi connectivity index (χ1n) is 3.64. The fourth-order valence-electron chi connectivity index (χ4n) is 0.995. The summed E-state index contributed by atoms with van der Waals surface area (Å²) in [5.74, 6) is -2.02.